The first kappa shape index (κ1) is 14.8. The van der Waals surface area contributed by atoms with Gasteiger partial charge in [-0.15, -0.1) is 0 Å². The van der Waals surface area contributed by atoms with Crippen LogP contribution in [-0.2, 0) is 10.2 Å². The number of carboxylic acid groups (broad SMARTS) is 1. The summed E-state index contributed by atoms with van der Waals surface area (Å²) in [4.78, 5) is 11.2. The highest BCUT2D eigenvalue weighted by Crippen LogP contribution is 2.51. The highest BCUT2D eigenvalue weighted by molar-refractivity contribution is 5.89. The SMILES string of the molecule is CC(C)(C[C@@]1(C(F)(F)F)CO1)c1ccccc1C(=O)O. The number of carboxylic acids is 1. The largest absolute Gasteiger partial charge is 0.478 e. The normalized spacial score (nSPS) is 22.6. The van der Waals surface area contributed by atoms with Crippen LogP contribution in [0.15, 0.2) is 24.3 Å². The van der Waals surface area contributed by atoms with E-state index in [0.717, 1.165) is 0 Å². The van der Waals surface area contributed by atoms with Gasteiger partial charge >= 0.3 is 12.1 Å². The van der Waals surface area contributed by atoms with E-state index in [-0.39, 0.29) is 18.6 Å². The number of alkyl halides is 3. The molecule has 0 saturated carbocycles. The zero-order valence-corrected chi connectivity index (χ0v) is 11.1. The Labute approximate surface area is 114 Å². The second-order valence-electron chi connectivity index (χ2n) is 5.69. The van der Waals surface area contributed by atoms with Crippen molar-refractivity contribution in [2.45, 2.75) is 37.5 Å². The third kappa shape index (κ3) is 2.52. The fourth-order valence-electron chi connectivity index (χ4n) is 2.52. The summed E-state index contributed by atoms with van der Waals surface area (Å²) in [7, 11) is 0. The molecule has 1 aliphatic heterocycles. The standard InChI is InChI=1S/C14H15F3O3/c1-12(2,7-13(8-20-13)14(15,16)17)10-6-4-3-5-9(10)11(18)19/h3-6H,7-8H2,1-2H3,(H,18,19)/t13-/m0/s1. The summed E-state index contributed by atoms with van der Waals surface area (Å²) >= 11 is 0. The second kappa shape index (κ2) is 4.48. The number of epoxide rings is 1. The van der Waals surface area contributed by atoms with Crippen molar-refractivity contribution < 1.29 is 27.8 Å². The monoisotopic (exact) mass is 288 g/mol. The van der Waals surface area contributed by atoms with E-state index in [1.165, 1.54) is 6.07 Å². The maximum Gasteiger partial charge on any atom is 0.419 e. The average Bonchev–Trinajstić information content (AvgIpc) is 3.08. The van der Waals surface area contributed by atoms with Crippen molar-refractivity contribution in [1.29, 1.82) is 0 Å². The van der Waals surface area contributed by atoms with Crippen molar-refractivity contribution in [3.8, 4) is 0 Å². The number of rotatable bonds is 4. The minimum atomic E-state index is -4.44. The minimum absolute atomic E-state index is 0.0236. The molecular formula is C14H15F3O3. The van der Waals surface area contributed by atoms with E-state index in [1.54, 1.807) is 32.0 Å². The van der Waals surface area contributed by atoms with E-state index in [0.29, 0.717) is 5.56 Å². The fraction of sp³-hybridized carbons (Fsp3) is 0.500. The third-order valence-electron chi connectivity index (χ3n) is 3.62. The molecule has 0 aromatic heterocycles. The molecule has 1 saturated heterocycles. The summed E-state index contributed by atoms with van der Waals surface area (Å²) in [5.41, 5.74) is -2.69. The zero-order chi connectivity index (χ0) is 15.2. The number of benzene rings is 1. The maximum atomic E-state index is 13.0. The van der Waals surface area contributed by atoms with Crippen LogP contribution in [-0.4, -0.2) is 29.5 Å². The van der Waals surface area contributed by atoms with Gasteiger partial charge in [0, 0.05) is 0 Å². The lowest BCUT2D eigenvalue weighted by Gasteiger charge is -2.30. The number of aromatic carboxylic acids is 1. The topological polar surface area (TPSA) is 49.8 Å². The van der Waals surface area contributed by atoms with Gasteiger partial charge in [0.1, 0.15) is 0 Å². The predicted octanol–water partition coefficient (Wildman–Crippen LogP) is 3.38. The minimum Gasteiger partial charge on any atom is -0.478 e. The smallest absolute Gasteiger partial charge is 0.419 e. The van der Waals surface area contributed by atoms with Gasteiger partial charge in [-0.25, -0.2) is 4.79 Å². The molecular weight excluding hydrogens is 273 g/mol. The molecule has 0 amide bonds. The average molecular weight is 288 g/mol. The quantitative estimate of drug-likeness (QED) is 0.864. The first-order valence-corrected chi connectivity index (χ1v) is 6.13. The van der Waals surface area contributed by atoms with Crippen molar-refractivity contribution in [2.24, 2.45) is 0 Å². The molecule has 1 heterocycles. The Morgan fingerprint density at radius 1 is 1.35 bits per heavy atom. The van der Waals surface area contributed by atoms with Crippen molar-refractivity contribution >= 4 is 5.97 Å². The highest BCUT2D eigenvalue weighted by atomic mass is 19.4. The van der Waals surface area contributed by atoms with E-state index >= 15 is 0 Å². The molecule has 3 nitrogen and oxygen atoms in total. The predicted molar refractivity (Wildman–Crippen MR) is 65.8 cm³/mol. The number of hydrogen-bond donors (Lipinski definition) is 1. The Balaban J connectivity index is 2.35. The van der Waals surface area contributed by atoms with Crippen LogP contribution >= 0.6 is 0 Å². The van der Waals surface area contributed by atoms with E-state index in [9.17, 15) is 18.0 Å². The summed E-state index contributed by atoms with van der Waals surface area (Å²) in [6.07, 6.45) is -4.74. The van der Waals surface area contributed by atoms with Gasteiger partial charge in [0.25, 0.3) is 0 Å². The molecule has 0 aliphatic carbocycles. The molecule has 2 rings (SSSR count). The fourth-order valence-corrected chi connectivity index (χ4v) is 2.52. The molecule has 0 spiro atoms. The molecule has 1 aromatic carbocycles. The van der Waals surface area contributed by atoms with E-state index in [1.807, 2.05) is 0 Å². The van der Waals surface area contributed by atoms with E-state index in [4.69, 9.17) is 5.11 Å². The molecule has 20 heavy (non-hydrogen) atoms. The number of halogens is 3. The molecule has 1 aromatic rings. The molecule has 0 bridgehead atoms. The molecule has 1 N–H and O–H groups in total. The van der Waals surface area contributed by atoms with Gasteiger partial charge in [0.2, 0.25) is 0 Å². The van der Waals surface area contributed by atoms with Gasteiger partial charge in [-0.2, -0.15) is 13.2 Å². The molecule has 6 heteroatoms. The first-order valence-electron chi connectivity index (χ1n) is 6.13. The molecule has 0 unspecified atom stereocenters. The van der Waals surface area contributed by atoms with E-state index in [2.05, 4.69) is 4.74 Å². The Kier molecular flexibility index (Phi) is 3.32. The van der Waals surface area contributed by atoms with Crippen LogP contribution < -0.4 is 0 Å². The Morgan fingerprint density at radius 2 is 1.90 bits per heavy atom. The lowest BCUT2D eigenvalue weighted by Crippen LogP contribution is -2.39. The van der Waals surface area contributed by atoms with Crippen molar-refractivity contribution in [3.05, 3.63) is 35.4 Å². The van der Waals surface area contributed by atoms with Crippen LogP contribution in [0.5, 0.6) is 0 Å². The number of ether oxygens (including phenoxy) is 1. The molecule has 1 atom stereocenters. The van der Waals surface area contributed by atoms with E-state index < -0.39 is 23.2 Å². The van der Waals surface area contributed by atoms with Gasteiger partial charge in [-0.3, -0.25) is 0 Å². The van der Waals surface area contributed by atoms with Crippen LogP contribution in [0.4, 0.5) is 13.2 Å². The van der Waals surface area contributed by atoms with Gasteiger partial charge in [0.05, 0.1) is 12.2 Å². The van der Waals surface area contributed by atoms with Crippen molar-refractivity contribution in [1.82, 2.24) is 0 Å². The molecule has 1 fully saturated rings. The first-order chi connectivity index (χ1) is 9.09. The van der Waals surface area contributed by atoms with Crippen molar-refractivity contribution in [3.63, 3.8) is 0 Å². The van der Waals surface area contributed by atoms with Crippen LogP contribution in [0, 0.1) is 0 Å². The molecule has 110 valence electrons. The lowest BCUT2D eigenvalue weighted by atomic mass is 9.75. The molecule has 1 aliphatic rings. The van der Waals surface area contributed by atoms with Crippen LogP contribution in [0.3, 0.4) is 0 Å². The Hall–Kier alpha value is -1.56. The Bertz CT molecular complexity index is 531. The van der Waals surface area contributed by atoms with Gasteiger partial charge < -0.3 is 9.84 Å². The zero-order valence-electron chi connectivity index (χ0n) is 11.1. The Morgan fingerprint density at radius 3 is 2.35 bits per heavy atom. The summed E-state index contributed by atoms with van der Waals surface area (Å²) in [5, 5.41) is 9.15. The summed E-state index contributed by atoms with van der Waals surface area (Å²) in [6.45, 7) is 2.84. The summed E-state index contributed by atoms with van der Waals surface area (Å²) in [5.74, 6) is -1.15. The van der Waals surface area contributed by atoms with Gasteiger partial charge in [-0.1, -0.05) is 32.0 Å². The van der Waals surface area contributed by atoms with Crippen LogP contribution in [0.1, 0.15) is 36.2 Å². The van der Waals surface area contributed by atoms with Gasteiger partial charge in [0.15, 0.2) is 5.60 Å². The van der Waals surface area contributed by atoms with Gasteiger partial charge in [-0.05, 0) is 23.5 Å². The second-order valence-corrected chi connectivity index (χ2v) is 5.69. The third-order valence-corrected chi connectivity index (χ3v) is 3.62. The van der Waals surface area contributed by atoms with Crippen LogP contribution in [0.2, 0.25) is 0 Å². The summed E-state index contributed by atoms with van der Waals surface area (Å²) < 4.78 is 43.5. The highest BCUT2D eigenvalue weighted by Gasteiger charge is 2.67. The lowest BCUT2D eigenvalue weighted by molar-refractivity contribution is -0.188. The van der Waals surface area contributed by atoms with Crippen molar-refractivity contribution in [2.75, 3.05) is 6.61 Å². The van der Waals surface area contributed by atoms with Crippen LogP contribution in [0.25, 0.3) is 0 Å². The number of carbonyl (C=O) groups is 1. The summed E-state index contributed by atoms with van der Waals surface area (Å²) in [6, 6.07) is 6.12. The maximum absolute atomic E-state index is 13.0. The molecule has 0 radical (unpaired) electrons. The number of hydrogen-bond acceptors (Lipinski definition) is 2.